The van der Waals surface area contributed by atoms with E-state index in [-0.39, 0.29) is 5.91 Å². The Balaban J connectivity index is 1.32. The highest BCUT2D eigenvalue weighted by atomic mass is 32.1. The van der Waals surface area contributed by atoms with Crippen LogP contribution in [0.3, 0.4) is 0 Å². The lowest BCUT2D eigenvalue weighted by atomic mass is 9.79. The quantitative estimate of drug-likeness (QED) is 0.412. The van der Waals surface area contributed by atoms with Crippen molar-refractivity contribution < 1.29 is 4.79 Å². The van der Waals surface area contributed by atoms with Crippen LogP contribution < -0.4 is 15.5 Å². The number of carbonyl (C=O) groups excluding carboxylic acids is 1. The highest BCUT2D eigenvalue weighted by Crippen LogP contribution is 2.42. The maximum Gasteiger partial charge on any atom is 0.275 e. The molecule has 2 aliphatic heterocycles. The number of thiophene rings is 1. The third-order valence-electron chi connectivity index (χ3n) is 6.62. The normalized spacial score (nSPS) is 20.9. The van der Waals surface area contributed by atoms with Crippen LogP contribution in [0.4, 0.5) is 11.4 Å². The molecule has 0 saturated carbocycles. The van der Waals surface area contributed by atoms with E-state index in [1.165, 1.54) is 24.2 Å². The Morgan fingerprint density at radius 1 is 1.22 bits per heavy atom. The Kier molecular flexibility index (Phi) is 4.97. The van der Waals surface area contributed by atoms with Crippen LogP contribution in [0.15, 0.2) is 41.2 Å². The number of rotatable bonds is 4. The van der Waals surface area contributed by atoms with E-state index in [4.69, 9.17) is 0 Å². The molecule has 1 spiro atoms. The summed E-state index contributed by atoms with van der Waals surface area (Å²) in [6.07, 6.45) is 5.45. The lowest BCUT2D eigenvalue weighted by molar-refractivity contribution is 0.102. The van der Waals surface area contributed by atoms with Gasteiger partial charge in [0.05, 0.1) is 28.0 Å². The van der Waals surface area contributed by atoms with Crippen LogP contribution in [0.1, 0.15) is 29.8 Å². The van der Waals surface area contributed by atoms with Gasteiger partial charge >= 0.3 is 0 Å². The standard InChI is InChI=1S/C23H24N6OS2/c30-21(17-12-32-22(27-17)18-3-1-10-31-18)26-16-5-4-15-11-25-28-19(15)20(16)29-9-2-6-23(14-29)7-8-24-13-23/h1,3-5,10-12,24H,2,6-9,13-14H2,(H,25,28)(H,26,30). The minimum Gasteiger partial charge on any atom is -0.367 e. The van der Waals surface area contributed by atoms with Gasteiger partial charge in [-0.25, -0.2) is 4.98 Å². The van der Waals surface area contributed by atoms with Gasteiger partial charge in [0.1, 0.15) is 10.7 Å². The number of aromatic nitrogens is 3. The summed E-state index contributed by atoms with van der Waals surface area (Å²) in [5, 5.41) is 19.9. The minimum absolute atomic E-state index is 0.182. The van der Waals surface area contributed by atoms with Crippen molar-refractivity contribution in [2.75, 3.05) is 36.4 Å². The number of thiazole rings is 1. The van der Waals surface area contributed by atoms with Crippen molar-refractivity contribution in [3.63, 3.8) is 0 Å². The predicted molar refractivity (Wildman–Crippen MR) is 131 cm³/mol. The highest BCUT2D eigenvalue weighted by molar-refractivity contribution is 7.20. The smallest absolute Gasteiger partial charge is 0.275 e. The largest absolute Gasteiger partial charge is 0.367 e. The van der Waals surface area contributed by atoms with Crippen LogP contribution >= 0.6 is 22.7 Å². The zero-order valence-electron chi connectivity index (χ0n) is 17.6. The number of anilines is 2. The van der Waals surface area contributed by atoms with Crippen LogP contribution in [-0.2, 0) is 0 Å². The van der Waals surface area contributed by atoms with Crippen molar-refractivity contribution in [2.45, 2.75) is 19.3 Å². The summed E-state index contributed by atoms with van der Waals surface area (Å²) in [5.41, 5.74) is 3.58. The van der Waals surface area contributed by atoms with Gasteiger partial charge in [0.15, 0.2) is 0 Å². The Bertz CT molecular complexity index is 1250. The number of aromatic amines is 1. The summed E-state index contributed by atoms with van der Waals surface area (Å²) < 4.78 is 0. The van der Waals surface area contributed by atoms with Crippen LogP contribution in [0.5, 0.6) is 0 Å². The summed E-state index contributed by atoms with van der Waals surface area (Å²) in [6.45, 7) is 4.11. The second-order valence-corrected chi connectivity index (χ2v) is 10.5. The monoisotopic (exact) mass is 464 g/mol. The van der Waals surface area contributed by atoms with Crippen molar-refractivity contribution in [3.8, 4) is 9.88 Å². The fraction of sp³-hybridized carbons (Fsp3) is 0.348. The second-order valence-electron chi connectivity index (χ2n) is 8.72. The molecule has 32 heavy (non-hydrogen) atoms. The van der Waals surface area contributed by atoms with Crippen molar-refractivity contribution >= 4 is 50.9 Å². The Hall–Kier alpha value is -2.75. The molecule has 0 aliphatic carbocycles. The van der Waals surface area contributed by atoms with E-state index in [9.17, 15) is 4.79 Å². The van der Waals surface area contributed by atoms with Gasteiger partial charge in [-0.3, -0.25) is 9.89 Å². The minimum atomic E-state index is -0.182. The molecule has 2 fully saturated rings. The Labute approximate surface area is 193 Å². The fourth-order valence-electron chi connectivity index (χ4n) is 5.05. The van der Waals surface area contributed by atoms with Crippen LogP contribution in [-0.4, -0.2) is 47.3 Å². The molecule has 1 atom stereocenters. The number of amides is 1. The number of hydrogen-bond acceptors (Lipinski definition) is 7. The van der Waals surface area contributed by atoms with E-state index in [2.05, 4.69) is 30.7 Å². The van der Waals surface area contributed by atoms with Crippen molar-refractivity contribution in [1.82, 2.24) is 20.5 Å². The van der Waals surface area contributed by atoms with Crippen molar-refractivity contribution in [2.24, 2.45) is 5.41 Å². The molecule has 1 amide bonds. The first-order valence-electron chi connectivity index (χ1n) is 10.9. The molecular formula is C23H24N6OS2. The molecule has 9 heteroatoms. The van der Waals surface area contributed by atoms with Gasteiger partial charge in [0.2, 0.25) is 0 Å². The molecule has 1 aromatic carbocycles. The van der Waals surface area contributed by atoms with Crippen molar-refractivity contribution in [3.05, 3.63) is 46.9 Å². The van der Waals surface area contributed by atoms with Gasteiger partial charge in [-0.1, -0.05) is 6.07 Å². The third-order valence-corrected chi connectivity index (χ3v) is 8.50. The van der Waals surface area contributed by atoms with Crippen LogP contribution in [0.2, 0.25) is 0 Å². The first-order valence-corrected chi connectivity index (χ1v) is 12.7. The molecule has 3 N–H and O–H groups in total. The molecule has 164 valence electrons. The first kappa shape index (κ1) is 19.9. The Morgan fingerprint density at radius 3 is 3.03 bits per heavy atom. The number of nitrogens with one attached hydrogen (secondary N) is 3. The molecule has 1 unspecified atom stereocenters. The van der Waals surface area contributed by atoms with Gasteiger partial charge < -0.3 is 15.5 Å². The Morgan fingerprint density at radius 2 is 2.19 bits per heavy atom. The van der Waals surface area contributed by atoms with E-state index in [0.29, 0.717) is 11.1 Å². The molecule has 5 heterocycles. The van der Waals surface area contributed by atoms with E-state index in [0.717, 1.165) is 64.8 Å². The van der Waals surface area contributed by atoms with Gasteiger partial charge in [-0.2, -0.15) is 5.10 Å². The molecule has 4 aromatic rings. The first-order chi connectivity index (χ1) is 15.7. The number of H-pyrrole nitrogens is 1. The summed E-state index contributed by atoms with van der Waals surface area (Å²) >= 11 is 3.13. The molecule has 3 aromatic heterocycles. The highest BCUT2D eigenvalue weighted by Gasteiger charge is 2.39. The molecule has 6 rings (SSSR count). The molecule has 0 bridgehead atoms. The molecule has 0 radical (unpaired) electrons. The summed E-state index contributed by atoms with van der Waals surface area (Å²) in [4.78, 5) is 21.2. The lowest BCUT2D eigenvalue weighted by Crippen LogP contribution is -2.45. The average Bonchev–Trinajstić information content (AvgIpc) is 3.60. The van der Waals surface area contributed by atoms with E-state index in [1.807, 2.05) is 41.2 Å². The zero-order chi connectivity index (χ0) is 21.5. The maximum absolute atomic E-state index is 13.1. The average molecular weight is 465 g/mol. The topological polar surface area (TPSA) is 85.9 Å². The van der Waals surface area contributed by atoms with Gasteiger partial charge in [0.25, 0.3) is 5.91 Å². The summed E-state index contributed by atoms with van der Waals surface area (Å²) in [5.74, 6) is -0.182. The van der Waals surface area contributed by atoms with E-state index in [1.54, 1.807) is 11.3 Å². The zero-order valence-corrected chi connectivity index (χ0v) is 19.2. The maximum atomic E-state index is 13.1. The van der Waals surface area contributed by atoms with Gasteiger partial charge in [0, 0.05) is 35.8 Å². The third kappa shape index (κ3) is 3.50. The summed E-state index contributed by atoms with van der Waals surface area (Å²) in [6, 6.07) is 8.02. The number of fused-ring (bicyclic) bond motifs is 1. The summed E-state index contributed by atoms with van der Waals surface area (Å²) in [7, 11) is 0. The molecule has 2 saturated heterocycles. The number of carbonyl (C=O) groups is 1. The predicted octanol–water partition coefficient (Wildman–Crippen LogP) is 4.58. The molecule has 2 aliphatic rings. The SMILES string of the molecule is O=C(Nc1ccc2cn[nH]c2c1N1CCCC2(CCNC2)C1)c1csc(-c2cccs2)n1. The molecular weight excluding hydrogens is 440 g/mol. The number of hydrogen-bond donors (Lipinski definition) is 3. The fourth-order valence-corrected chi connectivity index (χ4v) is 6.66. The van der Waals surface area contributed by atoms with Crippen molar-refractivity contribution in [1.29, 1.82) is 0 Å². The van der Waals surface area contributed by atoms with Gasteiger partial charge in [-0.15, -0.1) is 22.7 Å². The van der Waals surface area contributed by atoms with Gasteiger partial charge in [-0.05, 0) is 49.4 Å². The number of nitrogens with zero attached hydrogens (tertiary/aromatic N) is 3. The second kappa shape index (κ2) is 7.99. The van der Waals surface area contributed by atoms with Crippen LogP contribution in [0, 0.1) is 5.41 Å². The van der Waals surface area contributed by atoms with Crippen LogP contribution in [0.25, 0.3) is 20.8 Å². The number of benzene rings is 1. The molecule has 7 nitrogen and oxygen atoms in total. The number of piperidine rings is 1. The lowest BCUT2D eigenvalue weighted by Gasteiger charge is -2.42. The van der Waals surface area contributed by atoms with E-state index >= 15 is 0 Å². The van der Waals surface area contributed by atoms with E-state index < -0.39 is 0 Å².